The topological polar surface area (TPSA) is 18.5 Å². The lowest BCUT2D eigenvalue weighted by atomic mass is 9.78. The van der Waals surface area contributed by atoms with Gasteiger partial charge in [0, 0.05) is 11.6 Å². The second-order valence-corrected chi connectivity index (χ2v) is 9.19. The lowest BCUT2D eigenvalue weighted by molar-refractivity contribution is 0.134. The fourth-order valence-electron chi connectivity index (χ4n) is 3.58. The number of rotatable bonds is 2. The average Bonchev–Trinajstić information content (AvgIpc) is 2.98. The van der Waals surface area contributed by atoms with Gasteiger partial charge in [-0.1, -0.05) is 47.6 Å². The highest BCUT2D eigenvalue weighted by Gasteiger charge is 2.27. The van der Waals surface area contributed by atoms with Crippen molar-refractivity contribution in [1.82, 2.24) is 0 Å². The number of benzene rings is 2. The molecule has 0 spiro atoms. The SMILES string of the molecule is COc1cc(F)c(C(C)(C)C)cc1-c1cc2c(cc1C(C)(C)C)COC2. The third-order valence-electron chi connectivity index (χ3n) is 5.05. The molecule has 0 bridgehead atoms. The van der Waals surface area contributed by atoms with E-state index in [2.05, 4.69) is 32.9 Å². The van der Waals surface area contributed by atoms with E-state index in [1.807, 2.05) is 26.8 Å². The molecule has 2 aromatic rings. The Morgan fingerprint density at radius 3 is 1.92 bits per heavy atom. The summed E-state index contributed by atoms with van der Waals surface area (Å²) >= 11 is 0. The lowest BCUT2D eigenvalue weighted by Gasteiger charge is -2.27. The molecule has 0 radical (unpaired) electrons. The van der Waals surface area contributed by atoms with Gasteiger partial charge in [0.15, 0.2) is 0 Å². The number of ether oxygens (including phenoxy) is 2. The van der Waals surface area contributed by atoms with Crippen LogP contribution in [-0.4, -0.2) is 7.11 Å². The Labute approximate surface area is 156 Å². The van der Waals surface area contributed by atoms with E-state index in [4.69, 9.17) is 9.47 Å². The summed E-state index contributed by atoms with van der Waals surface area (Å²) in [7, 11) is 1.60. The molecule has 0 fully saturated rings. The van der Waals surface area contributed by atoms with Gasteiger partial charge in [-0.05, 0) is 50.8 Å². The van der Waals surface area contributed by atoms with Crippen molar-refractivity contribution in [3.8, 4) is 16.9 Å². The van der Waals surface area contributed by atoms with E-state index in [1.165, 1.54) is 22.8 Å². The summed E-state index contributed by atoms with van der Waals surface area (Å²) in [6, 6.07) is 7.93. The first-order valence-electron chi connectivity index (χ1n) is 9.15. The lowest BCUT2D eigenvalue weighted by Crippen LogP contribution is -2.16. The van der Waals surface area contributed by atoms with Crippen molar-refractivity contribution in [1.29, 1.82) is 0 Å². The Bertz CT molecular complexity index is 839. The number of methoxy groups -OCH3 is 1. The molecule has 0 amide bonds. The molecule has 2 nitrogen and oxygen atoms in total. The summed E-state index contributed by atoms with van der Waals surface area (Å²) in [6.45, 7) is 14.0. The molecule has 1 heterocycles. The smallest absolute Gasteiger partial charge is 0.130 e. The summed E-state index contributed by atoms with van der Waals surface area (Å²) in [5, 5.41) is 0. The van der Waals surface area contributed by atoms with Gasteiger partial charge in [0.25, 0.3) is 0 Å². The Kier molecular flexibility index (Phi) is 4.64. The second-order valence-electron chi connectivity index (χ2n) is 9.19. The van der Waals surface area contributed by atoms with Crippen molar-refractivity contribution < 1.29 is 13.9 Å². The van der Waals surface area contributed by atoms with E-state index in [0.29, 0.717) is 24.5 Å². The zero-order chi connectivity index (χ0) is 19.3. The van der Waals surface area contributed by atoms with Crippen LogP contribution in [0.4, 0.5) is 4.39 Å². The highest BCUT2D eigenvalue weighted by molar-refractivity contribution is 5.77. The van der Waals surface area contributed by atoms with Crippen molar-refractivity contribution >= 4 is 0 Å². The quantitative estimate of drug-likeness (QED) is 0.645. The highest BCUT2D eigenvalue weighted by Crippen LogP contribution is 2.43. The van der Waals surface area contributed by atoms with Crippen LogP contribution in [0.5, 0.6) is 5.75 Å². The third kappa shape index (κ3) is 3.37. The number of halogens is 1. The van der Waals surface area contributed by atoms with Crippen molar-refractivity contribution in [2.45, 2.75) is 65.6 Å². The Hall–Kier alpha value is -1.87. The van der Waals surface area contributed by atoms with Crippen LogP contribution in [0.1, 0.15) is 63.8 Å². The van der Waals surface area contributed by atoms with E-state index < -0.39 is 0 Å². The summed E-state index contributed by atoms with van der Waals surface area (Å²) < 4.78 is 25.9. The molecule has 1 aliphatic heterocycles. The molecule has 0 atom stereocenters. The van der Waals surface area contributed by atoms with Gasteiger partial charge in [-0.15, -0.1) is 0 Å². The Balaban J connectivity index is 2.32. The van der Waals surface area contributed by atoms with Crippen molar-refractivity contribution in [3.63, 3.8) is 0 Å². The molecule has 0 saturated carbocycles. The van der Waals surface area contributed by atoms with Crippen LogP contribution >= 0.6 is 0 Å². The van der Waals surface area contributed by atoms with Gasteiger partial charge in [-0.25, -0.2) is 4.39 Å². The average molecular weight is 356 g/mol. The summed E-state index contributed by atoms with van der Waals surface area (Å²) in [4.78, 5) is 0. The Morgan fingerprint density at radius 2 is 1.38 bits per heavy atom. The molecule has 1 aliphatic rings. The monoisotopic (exact) mass is 356 g/mol. The van der Waals surface area contributed by atoms with Crippen molar-refractivity contribution in [2.24, 2.45) is 0 Å². The molecule has 26 heavy (non-hydrogen) atoms. The maximum atomic E-state index is 14.7. The first-order chi connectivity index (χ1) is 12.0. The Morgan fingerprint density at radius 1 is 0.808 bits per heavy atom. The van der Waals surface area contributed by atoms with Crippen molar-refractivity contribution in [2.75, 3.05) is 7.11 Å². The summed E-state index contributed by atoms with van der Waals surface area (Å²) in [6.07, 6.45) is 0. The second kappa shape index (κ2) is 6.38. The fourth-order valence-corrected chi connectivity index (χ4v) is 3.58. The van der Waals surface area contributed by atoms with Crippen LogP contribution in [0, 0.1) is 5.82 Å². The standard InChI is InChI=1S/C23H29FO2/c1-22(2,3)18-9-15-13-26-12-14(15)8-16(18)17-10-19(23(4,5)6)20(24)11-21(17)25-7/h8-11H,12-13H2,1-7H3. The van der Waals surface area contributed by atoms with Gasteiger partial charge in [0.1, 0.15) is 11.6 Å². The van der Waals surface area contributed by atoms with Crippen LogP contribution in [0.2, 0.25) is 0 Å². The maximum absolute atomic E-state index is 14.7. The van der Waals surface area contributed by atoms with Gasteiger partial charge in [0.05, 0.1) is 20.3 Å². The van der Waals surface area contributed by atoms with Gasteiger partial charge in [-0.3, -0.25) is 0 Å². The van der Waals surface area contributed by atoms with Gasteiger partial charge >= 0.3 is 0 Å². The predicted octanol–water partition coefficient (Wildman–Crippen LogP) is 6.13. The minimum absolute atomic E-state index is 0.0474. The van der Waals surface area contributed by atoms with E-state index in [9.17, 15) is 4.39 Å². The largest absolute Gasteiger partial charge is 0.496 e. The maximum Gasteiger partial charge on any atom is 0.130 e. The number of fused-ring (bicyclic) bond motifs is 1. The molecular weight excluding hydrogens is 327 g/mol. The van der Waals surface area contributed by atoms with Crippen LogP contribution in [0.3, 0.4) is 0 Å². The number of hydrogen-bond donors (Lipinski definition) is 0. The summed E-state index contributed by atoms with van der Waals surface area (Å²) in [5.74, 6) is 0.347. The van der Waals surface area contributed by atoms with E-state index in [-0.39, 0.29) is 16.6 Å². The first-order valence-corrected chi connectivity index (χ1v) is 9.15. The highest BCUT2D eigenvalue weighted by atomic mass is 19.1. The van der Waals surface area contributed by atoms with E-state index >= 15 is 0 Å². The zero-order valence-electron chi connectivity index (χ0n) is 16.9. The van der Waals surface area contributed by atoms with E-state index in [1.54, 1.807) is 7.11 Å². The molecule has 140 valence electrons. The molecule has 0 aliphatic carbocycles. The predicted molar refractivity (Wildman–Crippen MR) is 104 cm³/mol. The minimum atomic E-state index is -0.285. The molecule has 0 unspecified atom stereocenters. The van der Waals surface area contributed by atoms with Crippen LogP contribution in [-0.2, 0) is 28.8 Å². The minimum Gasteiger partial charge on any atom is -0.496 e. The molecule has 0 N–H and O–H groups in total. The number of hydrogen-bond acceptors (Lipinski definition) is 2. The third-order valence-corrected chi connectivity index (χ3v) is 5.05. The van der Waals surface area contributed by atoms with Crippen molar-refractivity contribution in [3.05, 3.63) is 52.3 Å². The van der Waals surface area contributed by atoms with E-state index in [0.717, 1.165) is 11.1 Å². The van der Waals surface area contributed by atoms with Gasteiger partial charge in [-0.2, -0.15) is 0 Å². The first kappa shape index (κ1) is 18.9. The normalized spacial score (nSPS) is 14.5. The molecule has 3 rings (SSSR count). The fraction of sp³-hybridized carbons (Fsp3) is 0.478. The zero-order valence-corrected chi connectivity index (χ0v) is 16.9. The molecule has 3 heteroatoms. The summed E-state index contributed by atoms with van der Waals surface area (Å²) in [5.41, 5.74) is 6.09. The van der Waals surface area contributed by atoms with Gasteiger partial charge in [0.2, 0.25) is 0 Å². The van der Waals surface area contributed by atoms with Crippen LogP contribution in [0.15, 0.2) is 24.3 Å². The molecule has 0 aromatic heterocycles. The molecular formula is C23H29FO2. The van der Waals surface area contributed by atoms with Crippen LogP contribution in [0.25, 0.3) is 11.1 Å². The van der Waals surface area contributed by atoms with Gasteiger partial charge < -0.3 is 9.47 Å². The van der Waals surface area contributed by atoms with Crippen LogP contribution < -0.4 is 4.74 Å². The molecule has 2 aromatic carbocycles. The molecule has 0 saturated heterocycles.